The largest absolute Gasteiger partial charge is 0.480 e. The van der Waals surface area contributed by atoms with Gasteiger partial charge in [0.15, 0.2) is 0 Å². The maximum atomic E-state index is 12.5. The van der Waals surface area contributed by atoms with Crippen LogP contribution in [0.25, 0.3) is 0 Å². The molecule has 1 unspecified atom stereocenters. The number of hydrogen-bond donors (Lipinski definition) is 2. The number of rotatable bonds is 5. The summed E-state index contributed by atoms with van der Waals surface area (Å²) >= 11 is 0. The van der Waals surface area contributed by atoms with E-state index in [-0.39, 0.29) is 6.42 Å². The van der Waals surface area contributed by atoms with Crippen LogP contribution in [0.15, 0.2) is 29.2 Å². The molecule has 0 aromatic heterocycles. The second kappa shape index (κ2) is 5.80. The summed E-state index contributed by atoms with van der Waals surface area (Å²) in [5.41, 5.74) is -1.12. The van der Waals surface area contributed by atoms with E-state index in [1.807, 2.05) is 4.72 Å². The molecule has 1 rings (SSSR count). The number of aliphatic carboxylic acids is 1. The molecule has 0 spiro atoms. The van der Waals surface area contributed by atoms with Crippen LogP contribution in [0.1, 0.15) is 18.9 Å². The molecule has 0 bridgehead atoms. The standard InChI is InChI=1S/C11H12F3NO4S/c1-2-9(10(16)17)15-20(18,19)8-5-3-4-7(6-8)11(12,13)14/h3-6,9,15H,2H2,1H3,(H,16,17). The van der Waals surface area contributed by atoms with E-state index in [0.717, 1.165) is 18.2 Å². The fourth-order valence-electron chi connectivity index (χ4n) is 1.40. The van der Waals surface area contributed by atoms with Gasteiger partial charge in [-0.3, -0.25) is 4.79 Å². The summed E-state index contributed by atoms with van der Waals surface area (Å²) in [5.74, 6) is -1.40. The van der Waals surface area contributed by atoms with Gasteiger partial charge in [-0.05, 0) is 24.6 Å². The van der Waals surface area contributed by atoms with Crippen LogP contribution in [-0.4, -0.2) is 25.5 Å². The van der Waals surface area contributed by atoms with Gasteiger partial charge < -0.3 is 5.11 Å². The lowest BCUT2D eigenvalue weighted by atomic mass is 10.2. The van der Waals surface area contributed by atoms with E-state index in [1.54, 1.807) is 0 Å². The molecule has 0 fully saturated rings. The highest BCUT2D eigenvalue weighted by Gasteiger charge is 2.32. The van der Waals surface area contributed by atoms with Crippen LogP contribution in [0.4, 0.5) is 13.2 Å². The minimum atomic E-state index is -4.68. The normalized spacial score (nSPS) is 14.0. The van der Waals surface area contributed by atoms with Crippen molar-refractivity contribution in [3.05, 3.63) is 29.8 Å². The van der Waals surface area contributed by atoms with Crippen molar-refractivity contribution in [1.82, 2.24) is 4.72 Å². The first kappa shape index (κ1) is 16.4. The zero-order chi connectivity index (χ0) is 15.6. The van der Waals surface area contributed by atoms with Crippen LogP contribution in [0.2, 0.25) is 0 Å². The maximum Gasteiger partial charge on any atom is 0.416 e. The van der Waals surface area contributed by atoms with Gasteiger partial charge in [-0.15, -0.1) is 0 Å². The fraction of sp³-hybridized carbons (Fsp3) is 0.364. The number of sulfonamides is 1. The number of hydrogen-bond acceptors (Lipinski definition) is 3. The van der Waals surface area contributed by atoms with E-state index in [1.165, 1.54) is 6.92 Å². The summed E-state index contributed by atoms with van der Waals surface area (Å²) < 4.78 is 63.0. The number of halogens is 3. The van der Waals surface area contributed by atoms with Crippen LogP contribution in [0.5, 0.6) is 0 Å². The number of nitrogens with one attached hydrogen (secondary N) is 1. The topological polar surface area (TPSA) is 83.5 Å². The number of carbonyl (C=O) groups is 1. The third-order valence-corrected chi connectivity index (χ3v) is 3.94. The van der Waals surface area contributed by atoms with Gasteiger partial charge in [-0.1, -0.05) is 13.0 Å². The summed E-state index contributed by atoms with van der Waals surface area (Å²) in [6.07, 6.45) is -4.71. The monoisotopic (exact) mass is 311 g/mol. The molecule has 0 amide bonds. The van der Waals surface area contributed by atoms with Crippen LogP contribution in [0, 0.1) is 0 Å². The SMILES string of the molecule is CCC(NS(=O)(=O)c1cccc(C(F)(F)F)c1)C(=O)O. The molecule has 0 radical (unpaired) electrons. The highest BCUT2D eigenvalue weighted by Crippen LogP contribution is 2.30. The lowest BCUT2D eigenvalue weighted by Crippen LogP contribution is -2.40. The lowest BCUT2D eigenvalue weighted by molar-refractivity contribution is -0.139. The molecular weight excluding hydrogens is 299 g/mol. The number of benzene rings is 1. The smallest absolute Gasteiger partial charge is 0.416 e. The predicted octanol–water partition coefficient (Wildman–Crippen LogP) is 1.85. The molecule has 0 aliphatic carbocycles. The van der Waals surface area contributed by atoms with Gasteiger partial charge in [0.05, 0.1) is 10.5 Å². The Morgan fingerprint density at radius 3 is 2.45 bits per heavy atom. The van der Waals surface area contributed by atoms with Gasteiger partial charge in [-0.25, -0.2) is 8.42 Å². The van der Waals surface area contributed by atoms with Crippen molar-refractivity contribution < 1.29 is 31.5 Å². The minimum Gasteiger partial charge on any atom is -0.480 e. The summed E-state index contributed by atoms with van der Waals surface area (Å²) in [5, 5.41) is 8.76. The Morgan fingerprint density at radius 1 is 1.40 bits per heavy atom. The fourth-order valence-corrected chi connectivity index (χ4v) is 2.72. The molecule has 112 valence electrons. The average Bonchev–Trinajstić information content (AvgIpc) is 2.35. The number of alkyl halides is 3. The molecule has 0 saturated carbocycles. The van der Waals surface area contributed by atoms with Crippen LogP contribution >= 0.6 is 0 Å². The summed E-state index contributed by atoms with van der Waals surface area (Å²) in [6.45, 7) is 1.44. The highest BCUT2D eigenvalue weighted by molar-refractivity contribution is 7.89. The molecule has 9 heteroatoms. The minimum absolute atomic E-state index is 0.0342. The van der Waals surface area contributed by atoms with Crippen LogP contribution in [-0.2, 0) is 21.0 Å². The molecular formula is C11H12F3NO4S. The molecule has 1 aromatic rings. The first-order chi connectivity index (χ1) is 9.08. The molecule has 0 aliphatic rings. The van der Waals surface area contributed by atoms with Crippen LogP contribution in [0.3, 0.4) is 0 Å². The van der Waals surface area contributed by atoms with E-state index in [2.05, 4.69) is 0 Å². The lowest BCUT2D eigenvalue weighted by Gasteiger charge is -2.14. The zero-order valence-corrected chi connectivity index (χ0v) is 11.1. The van der Waals surface area contributed by atoms with Crippen molar-refractivity contribution in [3.63, 3.8) is 0 Å². The van der Waals surface area contributed by atoms with Crippen LogP contribution < -0.4 is 4.72 Å². The Kier molecular flexibility index (Phi) is 4.77. The molecule has 0 aliphatic heterocycles. The van der Waals surface area contributed by atoms with Gasteiger partial charge in [0.2, 0.25) is 10.0 Å². The summed E-state index contributed by atoms with van der Waals surface area (Å²) in [7, 11) is -4.33. The molecule has 20 heavy (non-hydrogen) atoms. The Bertz CT molecular complexity index is 598. The second-order valence-electron chi connectivity index (χ2n) is 3.95. The molecule has 0 heterocycles. The molecule has 2 N–H and O–H groups in total. The molecule has 1 aromatic carbocycles. The van der Waals surface area contributed by atoms with E-state index in [4.69, 9.17) is 5.11 Å². The predicted molar refractivity (Wildman–Crippen MR) is 63.5 cm³/mol. The van der Waals surface area contributed by atoms with E-state index < -0.39 is 38.7 Å². The van der Waals surface area contributed by atoms with Gasteiger partial charge >= 0.3 is 12.1 Å². The van der Waals surface area contributed by atoms with Crippen molar-refractivity contribution in [3.8, 4) is 0 Å². The second-order valence-corrected chi connectivity index (χ2v) is 5.66. The number of carboxylic acids is 1. The van der Waals surface area contributed by atoms with E-state index in [0.29, 0.717) is 6.07 Å². The highest BCUT2D eigenvalue weighted by atomic mass is 32.2. The average molecular weight is 311 g/mol. The van der Waals surface area contributed by atoms with Crippen molar-refractivity contribution in [2.45, 2.75) is 30.5 Å². The van der Waals surface area contributed by atoms with E-state index >= 15 is 0 Å². The van der Waals surface area contributed by atoms with Crippen molar-refractivity contribution in [2.75, 3.05) is 0 Å². The molecule has 5 nitrogen and oxygen atoms in total. The Hall–Kier alpha value is -1.61. The van der Waals surface area contributed by atoms with Gasteiger partial charge in [0.25, 0.3) is 0 Å². The van der Waals surface area contributed by atoms with Crippen molar-refractivity contribution in [2.24, 2.45) is 0 Å². The summed E-state index contributed by atoms with van der Waals surface area (Å²) in [4.78, 5) is 10.1. The third kappa shape index (κ3) is 3.94. The molecule has 1 atom stereocenters. The Labute approximate surface area is 113 Å². The van der Waals surface area contributed by atoms with Gasteiger partial charge in [0, 0.05) is 0 Å². The van der Waals surface area contributed by atoms with Gasteiger partial charge in [0.1, 0.15) is 6.04 Å². The van der Waals surface area contributed by atoms with E-state index in [9.17, 15) is 26.4 Å². The first-order valence-corrected chi connectivity index (χ1v) is 6.98. The summed E-state index contributed by atoms with van der Waals surface area (Å²) in [6, 6.07) is 1.70. The molecule has 0 saturated heterocycles. The maximum absolute atomic E-state index is 12.5. The Balaban J connectivity index is 3.13. The van der Waals surface area contributed by atoms with Gasteiger partial charge in [-0.2, -0.15) is 17.9 Å². The zero-order valence-electron chi connectivity index (χ0n) is 10.3. The first-order valence-electron chi connectivity index (χ1n) is 5.50. The quantitative estimate of drug-likeness (QED) is 0.869. The third-order valence-electron chi connectivity index (χ3n) is 2.48. The van der Waals surface area contributed by atoms with Crippen molar-refractivity contribution in [1.29, 1.82) is 0 Å². The Morgan fingerprint density at radius 2 is 2.00 bits per heavy atom. The number of carboxylic acid groups (broad SMARTS) is 1. The van der Waals surface area contributed by atoms with Crippen molar-refractivity contribution >= 4 is 16.0 Å².